The van der Waals surface area contributed by atoms with Crippen molar-refractivity contribution in [3.05, 3.63) is 63.2 Å². The number of rotatable bonds is 5. The molecule has 2 aromatic rings. The summed E-state index contributed by atoms with van der Waals surface area (Å²) >= 11 is 5.98. The standard InChI is InChI=1S/C19H20ClN3O6S/c1-12-10-22(11-13(2)29-12)19(24)15-5-3-4-6-17(15)21-30(27,28)18-9-14(23(25)26)7-8-16(18)20/h3-9,12-13,21H,10-11H2,1-2H3. The summed E-state index contributed by atoms with van der Waals surface area (Å²) in [6.45, 7) is 4.46. The number of hydrogen-bond donors (Lipinski definition) is 1. The van der Waals surface area contributed by atoms with Gasteiger partial charge < -0.3 is 9.64 Å². The Labute approximate surface area is 178 Å². The quantitative estimate of drug-likeness (QED) is 0.548. The molecule has 0 radical (unpaired) electrons. The van der Waals surface area contributed by atoms with Crippen LogP contribution in [0.4, 0.5) is 11.4 Å². The molecule has 0 spiro atoms. The van der Waals surface area contributed by atoms with Gasteiger partial charge in [0.05, 0.1) is 33.4 Å². The number of nitro benzene ring substituents is 1. The predicted octanol–water partition coefficient (Wildman–Crippen LogP) is 3.30. The third-order valence-corrected chi connectivity index (χ3v) is 6.37. The van der Waals surface area contributed by atoms with Gasteiger partial charge in [-0.25, -0.2) is 8.42 Å². The highest BCUT2D eigenvalue weighted by Crippen LogP contribution is 2.29. The van der Waals surface area contributed by atoms with Gasteiger partial charge in [0.2, 0.25) is 0 Å². The van der Waals surface area contributed by atoms with Crippen molar-refractivity contribution < 1.29 is 22.9 Å². The van der Waals surface area contributed by atoms with E-state index >= 15 is 0 Å². The van der Waals surface area contributed by atoms with E-state index in [1.165, 1.54) is 12.1 Å². The summed E-state index contributed by atoms with van der Waals surface area (Å²) in [6, 6.07) is 9.29. The molecule has 2 unspecified atom stereocenters. The molecule has 0 aliphatic carbocycles. The molecule has 9 nitrogen and oxygen atoms in total. The first-order valence-corrected chi connectivity index (χ1v) is 10.9. The lowest BCUT2D eigenvalue weighted by Crippen LogP contribution is -2.48. The Bertz CT molecular complexity index is 1080. The Hall–Kier alpha value is -2.69. The summed E-state index contributed by atoms with van der Waals surface area (Å²) < 4.78 is 33.8. The van der Waals surface area contributed by atoms with E-state index in [1.807, 2.05) is 13.8 Å². The number of anilines is 1. The number of nitrogens with one attached hydrogen (secondary N) is 1. The van der Waals surface area contributed by atoms with Crippen LogP contribution in [0.3, 0.4) is 0 Å². The molecule has 0 bridgehead atoms. The smallest absolute Gasteiger partial charge is 0.270 e. The molecule has 160 valence electrons. The number of carbonyl (C=O) groups is 1. The fourth-order valence-corrected chi connectivity index (χ4v) is 4.88. The number of non-ortho nitro benzene ring substituents is 1. The van der Waals surface area contributed by atoms with Gasteiger partial charge in [-0.2, -0.15) is 0 Å². The van der Waals surface area contributed by atoms with E-state index in [0.717, 1.165) is 18.2 Å². The number of carbonyl (C=O) groups excluding carboxylic acids is 1. The highest BCUT2D eigenvalue weighted by molar-refractivity contribution is 7.92. The van der Waals surface area contributed by atoms with E-state index in [4.69, 9.17) is 16.3 Å². The molecule has 3 rings (SSSR count). The first kappa shape index (κ1) is 22.0. The van der Waals surface area contributed by atoms with Crippen LogP contribution in [0, 0.1) is 10.1 Å². The molecule has 1 N–H and O–H groups in total. The zero-order chi connectivity index (χ0) is 22.1. The molecule has 1 amide bonds. The second kappa shape index (κ2) is 8.58. The van der Waals surface area contributed by atoms with Crippen LogP contribution in [0.25, 0.3) is 0 Å². The van der Waals surface area contributed by atoms with Gasteiger partial charge in [-0.15, -0.1) is 0 Å². The van der Waals surface area contributed by atoms with Crippen molar-refractivity contribution in [2.24, 2.45) is 0 Å². The lowest BCUT2D eigenvalue weighted by atomic mass is 10.1. The number of sulfonamides is 1. The zero-order valence-corrected chi connectivity index (χ0v) is 17.8. The lowest BCUT2D eigenvalue weighted by molar-refractivity contribution is -0.385. The molecule has 1 aliphatic heterocycles. The third kappa shape index (κ3) is 4.72. The SMILES string of the molecule is CC1CN(C(=O)c2ccccc2NS(=O)(=O)c2cc([N+](=O)[O-])ccc2Cl)CC(C)O1. The summed E-state index contributed by atoms with van der Waals surface area (Å²) in [7, 11) is -4.29. The van der Waals surface area contributed by atoms with Crippen molar-refractivity contribution in [3.63, 3.8) is 0 Å². The van der Waals surface area contributed by atoms with E-state index < -0.39 is 25.5 Å². The molecule has 0 saturated carbocycles. The molecule has 1 saturated heterocycles. The fourth-order valence-electron chi connectivity index (χ4n) is 3.28. The Morgan fingerprint density at radius 2 is 1.83 bits per heavy atom. The molecule has 30 heavy (non-hydrogen) atoms. The summed E-state index contributed by atoms with van der Waals surface area (Å²) in [5.74, 6) is -0.347. The van der Waals surface area contributed by atoms with Crippen LogP contribution >= 0.6 is 11.6 Å². The van der Waals surface area contributed by atoms with Crippen LogP contribution in [0.5, 0.6) is 0 Å². The van der Waals surface area contributed by atoms with Crippen molar-refractivity contribution in [1.82, 2.24) is 4.90 Å². The van der Waals surface area contributed by atoms with E-state index in [9.17, 15) is 23.3 Å². The number of para-hydroxylation sites is 1. The number of nitro groups is 1. The Balaban J connectivity index is 1.94. The average molecular weight is 454 g/mol. The van der Waals surface area contributed by atoms with Crippen LogP contribution in [0.15, 0.2) is 47.4 Å². The second-order valence-electron chi connectivity index (χ2n) is 6.99. The first-order valence-electron chi connectivity index (χ1n) is 9.09. The highest BCUT2D eigenvalue weighted by Gasteiger charge is 2.29. The van der Waals surface area contributed by atoms with Crippen molar-refractivity contribution in [2.45, 2.75) is 31.0 Å². The normalized spacial score (nSPS) is 19.4. The summed E-state index contributed by atoms with van der Waals surface area (Å²) in [4.78, 5) is 24.5. The first-order chi connectivity index (χ1) is 14.1. The zero-order valence-electron chi connectivity index (χ0n) is 16.2. The van der Waals surface area contributed by atoms with Crippen LogP contribution < -0.4 is 4.72 Å². The monoisotopic (exact) mass is 453 g/mol. The molecule has 11 heteroatoms. The highest BCUT2D eigenvalue weighted by atomic mass is 35.5. The van der Waals surface area contributed by atoms with Gasteiger partial charge in [0, 0.05) is 25.2 Å². The van der Waals surface area contributed by atoms with Crippen LogP contribution in [0.1, 0.15) is 24.2 Å². The van der Waals surface area contributed by atoms with Crippen LogP contribution in [-0.2, 0) is 14.8 Å². The number of nitrogens with zero attached hydrogens (tertiary/aromatic N) is 2. The topological polar surface area (TPSA) is 119 Å². The number of hydrogen-bond acceptors (Lipinski definition) is 6. The molecule has 1 fully saturated rings. The number of amides is 1. The van der Waals surface area contributed by atoms with Gasteiger partial charge in [0.1, 0.15) is 4.90 Å². The molecule has 1 aliphatic rings. The van der Waals surface area contributed by atoms with Crippen molar-refractivity contribution in [1.29, 1.82) is 0 Å². The van der Waals surface area contributed by atoms with Crippen molar-refractivity contribution >= 4 is 38.9 Å². The molecular formula is C19H20ClN3O6S. The Morgan fingerprint density at radius 3 is 2.47 bits per heavy atom. The van der Waals surface area contributed by atoms with Crippen molar-refractivity contribution in [2.75, 3.05) is 17.8 Å². The maximum Gasteiger partial charge on any atom is 0.270 e. The number of benzene rings is 2. The maximum absolute atomic E-state index is 13.1. The minimum Gasteiger partial charge on any atom is -0.372 e. The van der Waals surface area contributed by atoms with E-state index in [1.54, 1.807) is 17.0 Å². The van der Waals surface area contributed by atoms with Gasteiger partial charge >= 0.3 is 0 Å². The lowest BCUT2D eigenvalue weighted by Gasteiger charge is -2.35. The van der Waals surface area contributed by atoms with Gasteiger partial charge in [0.25, 0.3) is 21.6 Å². The number of halogens is 1. The fraction of sp³-hybridized carbons (Fsp3) is 0.316. The van der Waals surface area contributed by atoms with E-state index in [0.29, 0.717) is 13.1 Å². The molecule has 2 atom stereocenters. The van der Waals surface area contributed by atoms with E-state index in [-0.39, 0.29) is 34.4 Å². The number of ether oxygens (including phenoxy) is 1. The maximum atomic E-state index is 13.1. The van der Waals surface area contributed by atoms with Gasteiger partial charge in [-0.05, 0) is 32.0 Å². The summed E-state index contributed by atoms with van der Waals surface area (Å²) in [5, 5.41) is 10.8. The number of morpholine rings is 1. The molecular weight excluding hydrogens is 434 g/mol. The van der Waals surface area contributed by atoms with Gasteiger partial charge in [-0.3, -0.25) is 19.6 Å². The minimum atomic E-state index is -4.29. The van der Waals surface area contributed by atoms with Crippen LogP contribution in [0.2, 0.25) is 5.02 Å². The summed E-state index contributed by atoms with van der Waals surface area (Å²) in [5.41, 5.74) is -0.207. The van der Waals surface area contributed by atoms with Gasteiger partial charge in [-0.1, -0.05) is 23.7 Å². The van der Waals surface area contributed by atoms with Crippen molar-refractivity contribution in [3.8, 4) is 0 Å². The van der Waals surface area contributed by atoms with Gasteiger partial charge in [0.15, 0.2) is 0 Å². The minimum absolute atomic E-state index is 0.0527. The van der Waals surface area contributed by atoms with Crippen LogP contribution in [-0.4, -0.2) is 49.4 Å². The Kier molecular flexibility index (Phi) is 6.30. The largest absolute Gasteiger partial charge is 0.372 e. The molecule has 2 aromatic carbocycles. The predicted molar refractivity (Wildman–Crippen MR) is 111 cm³/mol. The van der Waals surface area contributed by atoms with E-state index in [2.05, 4.69) is 4.72 Å². The average Bonchev–Trinajstić information content (AvgIpc) is 2.66. The third-order valence-electron chi connectivity index (χ3n) is 4.52. The summed E-state index contributed by atoms with van der Waals surface area (Å²) in [6.07, 6.45) is -0.296. The molecule has 0 aromatic heterocycles. The second-order valence-corrected chi connectivity index (χ2v) is 9.05. The molecule has 1 heterocycles. The Morgan fingerprint density at radius 1 is 1.20 bits per heavy atom.